The lowest BCUT2D eigenvalue weighted by Crippen LogP contribution is -2.31. The number of hydrogen-bond donors (Lipinski definition) is 0. The van der Waals surface area contributed by atoms with E-state index in [9.17, 15) is 4.79 Å². The Morgan fingerprint density at radius 3 is 2.91 bits per heavy atom. The molecule has 172 valence electrons. The first-order chi connectivity index (χ1) is 16.0. The van der Waals surface area contributed by atoms with Crippen molar-refractivity contribution in [2.75, 3.05) is 38.3 Å². The first-order valence-electron chi connectivity index (χ1n) is 10.7. The number of ether oxygens (including phenoxy) is 3. The Bertz CT molecular complexity index is 1180. The summed E-state index contributed by atoms with van der Waals surface area (Å²) >= 11 is 6.10. The van der Waals surface area contributed by atoms with Gasteiger partial charge in [0, 0.05) is 38.3 Å². The summed E-state index contributed by atoms with van der Waals surface area (Å²) < 4.78 is 19.2. The molecule has 10 heteroatoms. The van der Waals surface area contributed by atoms with Gasteiger partial charge in [-0.1, -0.05) is 11.6 Å². The van der Waals surface area contributed by atoms with Crippen molar-refractivity contribution in [1.29, 1.82) is 0 Å². The summed E-state index contributed by atoms with van der Waals surface area (Å²) in [5, 5.41) is 0.317. The zero-order valence-electron chi connectivity index (χ0n) is 18.4. The van der Waals surface area contributed by atoms with Gasteiger partial charge in [-0.15, -0.1) is 0 Å². The van der Waals surface area contributed by atoms with E-state index in [0.717, 1.165) is 29.3 Å². The van der Waals surface area contributed by atoms with Crippen molar-refractivity contribution in [2.45, 2.75) is 12.5 Å². The highest BCUT2D eigenvalue weighted by Gasteiger charge is 2.30. The van der Waals surface area contributed by atoms with Crippen LogP contribution >= 0.6 is 11.6 Å². The van der Waals surface area contributed by atoms with Crippen LogP contribution in [0.4, 0.5) is 11.4 Å². The van der Waals surface area contributed by atoms with Crippen molar-refractivity contribution in [2.24, 2.45) is 7.05 Å². The number of aromatic nitrogens is 3. The Morgan fingerprint density at radius 2 is 2.12 bits per heavy atom. The summed E-state index contributed by atoms with van der Waals surface area (Å²) in [6, 6.07) is 7.62. The van der Waals surface area contributed by atoms with Crippen LogP contribution in [0.3, 0.4) is 0 Å². The summed E-state index contributed by atoms with van der Waals surface area (Å²) in [4.78, 5) is 25.0. The third-order valence-corrected chi connectivity index (χ3v) is 6.06. The van der Waals surface area contributed by atoms with E-state index in [1.807, 2.05) is 31.3 Å². The van der Waals surface area contributed by atoms with Crippen LogP contribution in [0.25, 0.3) is 0 Å². The zero-order chi connectivity index (χ0) is 22.9. The molecule has 9 nitrogen and oxygen atoms in total. The number of nitrogens with zero attached hydrogens (tertiary/aromatic N) is 5. The second-order valence-corrected chi connectivity index (χ2v) is 8.38. The number of benzene rings is 1. The van der Waals surface area contributed by atoms with Crippen LogP contribution in [-0.4, -0.2) is 64.8 Å². The molecule has 2 aromatic heterocycles. The number of carbonyl (C=O) groups excluding carboxylic acids is 1. The van der Waals surface area contributed by atoms with Crippen molar-refractivity contribution in [1.82, 2.24) is 19.4 Å². The van der Waals surface area contributed by atoms with Crippen molar-refractivity contribution in [3.05, 3.63) is 53.8 Å². The maximum absolute atomic E-state index is 12.7. The normalized spacial score (nSPS) is 17.5. The molecule has 3 aromatic rings. The van der Waals surface area contributed by atoms with Crippen molar-refractivity contribution >= 4 is 28.9 Å². The number of anilines is 2. The van der Waals surface area contributed by atoms with E-state index in [0.29, 0.717) is 42.8 Å². The molecule has 0 spiro atoms. The van der Waals surface area contributed by atoms with Crippen LogP contribution in [0, 0.1) is 0 Å². The smallest absolute Gasteiger partial charge is 0.274 e. The number of carbonyl (C=O) groups is 1. The fraction of sp³-hybridized carbons (Fsp3) is 0.348. The molecule has 1 saturated heterocycles. The average Bonchev–Trinajstić information content (AvgIpc) is 3.48. The summed E-state index contributed by atoms with van der Waals surface area (Å²) in [5.41, 5.74) is 2.18. The molecule has 5 rings (SSSR count). The van der Waals surface area contributed by atoms with Gasteiger partial charge in [-0.05, 0) is 12.1 Å². The Morgan fingerprint density at radius 1 is 1.24 bits per heavy atom. The Hall–Kier alpha value is -3.46. The summed E-state index contributed by atoms with van der Waals surface area (Å²) in [7, 11) is 3.41. The number of imidazole rings is 1. The van der Waals surface area contributed by atoms with Gasteiger partial charge in [-0.2, -0.15) is 0 Å². The minimum atomic E-state index is -0.0917. The number of halogens is 1. The van der Waals surface area contributed by atoms with E-state index in [-0.39, 0.29) is 12.0 Å². The Balaban J connectivity index is 1.32. The molecule has 0 radical (unpaired) electrons. The lowest BCUT2D eigenvalue weighted by molar-refractivity contribution is 0.0767. The van der Waals surface area contributed by atoms with Gasteiger partial charge < -0.3 is 28.6 Å². The number of hydrogen-bond acceptors (Lipinski definition) is 7. The number of fused-ring (bicyclic) bond motifs is 1. The predicted molar refractivity (Wildman–Crippen MR) is 123 cm³/mol. The average molecular weight is 470 g/mol. The van der Waals surface area contributed by atoms with Crippen molar-refractivity contribution < 1.29 is 19.0 Å². The highest BCUT2D eigenvalue weighted by Crippen LogP contribution is 2.40. The fourth-order valence-corrected chi connectivity index (χ4v) is 4.31. The van der Waals surface area contributed by atoms with Gasteiger partial charge in [0.15, 0.2) is 10.9 Å². The van der Waals surface area contributed by atoms with Crippen molar-refractivity contribution in [3.8, 4) is 17.2 Å². The van der Waals surface area contributed by atoms with E-state index in [4.69, 9.17) is 25.8 Å². The van der Waals surface area contributed by atoms with E-state index in [1.54, 1.807) is 35.3 Å². The van der Waals surface area contributed by atoms with Crippen LogP contribution in [0.5, 0.6) is 17.2 Å². The van der Waals surface area contributed by atoms with E-state index < -0.39 is 0 Å². The van der Waals surface area contributed by atoms with E-state index in [2.05, 4.69) is 14.9 Å². The molecule has 1 amide bonds. The lowest BCUT2D eigenvalue weighted by Gasteiger charge is -2.31. The maximum Gasteiger partial charge on any atom is 0.274 e. The minimum absolute atomic E-state index is 0.0732. The van der Waals surface area contributed by atoms with E-state index in [1.165, 1.54) is 0 Å². The molecule has 1 aromatic carbocycles. The standard InChI is InChI=1S/C23H24ClN5O4/c1-27-13-18(26-14-27)23(30)28-6-5-17(12-28)33-16-3-4-20-19(10-16)29(7-8-32-20)15-9-21(31-2)22(24)25-11-15/h3-4,9-11,13-14,17H,5-8,12H2,1-2H3. The molecule has 0 aliphatic carbocycles. The molecule has 0 N–H and O–H groups in total. The van der Waals surface area contributed by atoms with Crippen LogP contribution < -0.4 is 19.1 Å². The third kappa shape index (κ3) is 4.28. The first kappa shape index (κ1) is 21.4. The van der Waals surface area contributed by atoms with Crippen LogP contribution in [0.15, 0.2) is 43.0 Å². The number of likely N-dealkylation sites (tertiary alicyclic amines) is 1. The van der Waals surface area contributed by atoms with Crippen LogP contribution in [0.1, 0.15) is 16.9 Å². The molecule has 0 bridgehead atoms. The zero-order valence-corrected chi connectivity index (χ0v) is 19.2. The Kier molecular flexibility index (Phi) is 5.72. The van der Waals surface area contributed by atoms with Gasteiger partial charge in [0.1, 0.15) is 29.9 Å². The summed E-state index contributed by atoms with van der Waals surface area (Å²) in [6.07, 6.45) is 5.74. The second-order valence-electron chi connectivity index (χ2n) is 8.02. The number of methoxy groups -OCH3 is 1. The molecule has 33 heavy (non-hydrogen) atoms. The lowest BCUT2D eigenvalue weighted by atomic mass is 10.2. The fourth-order valence-electron chi connectivity index (χ4n) is 4.13. The molecule has 1 fully saturated rings. The van der Waals surface area contributed by atoms with Gasteiger partial charge in [-0.25, -0.2) is 9.97 Å². The molecular formula is C23H24ClN5O4. The van der Waals surface area contributed by atoms with Gasteiger partial charge in [0.2, 0.25) is 0 Å². The Labute approximate surface area is 196 Å². The molecular weight excluding hydrogens is 446 g/mol. The molecule has 0 saturated carbocycles. The quantitative estimate of drug-likeness (QED) is 0.530. The largest absolute Gasteiger partial charge is 0.493 e. The first-order valence-corrected chi connectivity index (χ1v) is 11.1. The van der Waals surface area contributed by atoms with Gasteiger partial charge in [0.25, 0.3) is 5.91 Å². The number of aryl methyl sites for hydroxylation is 1. The monoisotopic (exact) mass is 469 g/mol. The minimum Gasteiger partial charge on any atom is -0.493 e. The summed E-state index contributed by atoms with van der Waals surface area (Å²) in [5.74, 6) is 1.92. The van der Waals surface area contributed by atoms with Crippen LogP contribution in [-0.2, 0) is 7.05 Å². The highest BCUT2D eigenvalue weighted by molar-refractivity contribution is 6.30. The second kappa shape index (κ2) is 8.82. The van der Waals surface area contributed by atoms with Gasteiger partial charge in [-0.3, -0.25) is 4.79 Å². The molecule has 2 aliphatic rings. The highest BCUT2D eigenvalue weighted by atomic mass is 35.5. The number of amides is 1. The predicted octanol–water partition coefficient (Wildman–Crippen LogP) is 3.30. The number of rotatable bonds is 5. The van der Waals surface area contributed by atoms with E-state index >= 15 is 0 Å². The van der Waals surface area contributed by atoms with Crippen molar-refractivity contribution in [3.63, 3.8) is 0 Å². The third-order valence-electron chi connectivity index (χ3n) is 5.78. The van der Waals surface area contributed by atoms with Gasteiger partial charge >= 0.3 is 0 Å². The molecule has 4 heterocycles. The SMILES string of the molecule is COc1cc(N2CCOc3ccc(OC4CCN(C(=O)c5cn(C)cn5)C4)cc32)cnc1Cl. The molecule has 2 aliphatic heterocycles. The molecule has 1 atom stereocenters. The topological polar surface area (TPSA) is 82.0 Å². The summed E-state index contributed by atoms with van der Waals surface area (Å²) in [6.45, 7) is 2.35. The van der Waals surface area contributed by atoms with Crippen LogP contribution in [0.2, 0.25) is 5.15 Å². The number of pyridine rings is 1. The van der Waals surface area contributed by atoms with Gasteiger partial charge in [0.05, 0.1) is 44.1 Å². The molecule has 1 unspecified atom stereocenters. The maximum atomic E-state index is 12.7.